The molecule has 0 bridgehead atoms. The van der Waals surface area contributed by atoms with Crippen LogP contribution in [0.2, 0.25) is 10.0 Å². The third kappa shape index (κ3) is 4.16. The van der Waals surface area contributed by atoms with E-state index in [0.29, 0.717) is 27.2 Å². The van der Waals surface area contributed by atoms with Crippen LogP contribution in [0.3, 0.4) is 0 Å². The highest BCUT2D eigenvalue weighted by molar-refractivity contribution is 6.36. The van der Waals surface area contributed by atoms with Crippen molar-refractivity contribution in [2.75, 3.05) is 0 Å². The topological polar surface area (TPSA) is 59.0 Å². The van der Waals surface area contributed by atoms with Crippen LogP contribution < -0.4 is 4.74 Å². The average molecular weight is 439 g/mol. The zero-order chi connectivity index (χ0) is 21.1. The van der Waals surface area contributed by atoms with Crippen LogP contribution in [-0.2, 0) is 6.61 Å². The van der Waals surface area contributed by atoms with E-state index in [0.717, 1.165) is 0 Å². The van der Waals surface area contributed by atoms with Crippen molar-refractivity contribution in [1.82, 2.24) is 4.98 Å². The molecule has 0 aliphatic heterocycles. The van der Waals surface area contributed by atoms with Gasteiger partial charge in [-0.3, -0.25) is 0 Å². The molecule has 148 valence electrons. The second-order valence-corrected chi connectivity index (χ2v) is 7.19. The zero-order valence-electron chi connectivity index (χ0n) is 15.4. The van der Waals surface area contributed by atoms with Crippen LogP contribution >= 0.6 is 23.2 Å². The van der Waals surface area contributed by atoms with Gasteiger partial charge in [-0.1, -0.05) is 53.5 Å². The molecule has 1 heterocycles. The van der Waals surface area contributed by atoms with E-state index in [1.54, 1.807) is 36.4 Å². The summed E-state index contributed by atoms with van der Waals surface area (Å²) >= 11 is 12.5. The largest absolute Gasteiger partial charge is 0.487 e. The first kappa shape index (κ1) is 20.0. The number of rotatable bonds is 5. The van der Waals surface area contributed by atoms with Crippen molar-refractivity contribution in [2.45, 2.75) is 6.61 Å². The summed E-state index contributed by atoms with van der Waals surface area (Å²) in [4.78, 5) is 4.35. The number of nitrogens with zero attached hydrogens (tertiary/aromatic N) is 2. The van der Waals surface area contributed by atoms with Gasteiger partial charge in [0.25, 0.3) is 0 Å². The number of allylic oxidation sites excluding steroid dienone is 1. The fourth-order valence-corrected chi connectivity index (χ4v) is 3.45. The molecule has 0 unspecified atom stereocenters. The van der Waals surface area contributed by atoms with Gasteiger partial charge in [-0.05, 0) is 36.4 Å². The third-order valence-electron chi connectivity index (χ3n) is 4.31. The molecule has 3 aromatic carbocycles. The quantitative estimate of drug-likeness (QED) is 0.317. The molecule has 1 aromatic heterocycles. The fourth-order valence-electron chi connectivity index (χ4n) is 2.89. The predicted molar refractivity (Wildman–Crippen MR) is 115 cm³/mol. The van der Waals surface area contributed by atoms with Gasteiger partial charge in [0.15, 0.2) is 5.58 Å². The minimum atomic E-state index is -0.385. The van der Waals surface area contributed by atoms with Gasteiger partial charge in [-0.25, -0.2) is 9.37 Å². The van der Waals surface area contributed by atoms with Crippen LogP contribution in [0.25, 0.3) is 22.7 Å². The molecule has 0 fully saturated rings. The number of hydrogen-bond donors (Lipinski definition) is 0. The van der Waals surface area contributed by atoms with Crippen molar-refractivity contribution in [3.63, 3.8) is 0 Å². The molecule has 4 aromatic rings. The molecule has 0 amide bonds. The van der Waals surface area contributed by atoms with Crippen molar-refractivity contribution in [3.05, 3.63) is 93.5 Å². The lowest BCUT2D eigenvalue weighted by atomic mass is 10.1. The molecule has 4 nitrogen and oxygen atoms in total. The normalized spacial score (nSPS) is 11.5. The highest BCUT2D eigenvalue weighted by Crippen LogP contribution is 2.36. The first-order chi connectivity index (χ1) is 14.5. The number of halogens is 3. The molecule has 0 saturated heterocycles. The monoisotopic (exact) mass is 438 g/mol. The SMILES string of the molecule is N#C/C(=C\c1cc(Cl)cc(Cl)c1OCc1ccccc1F)c1nc2ccccc2o1. The number of ether oxygens (including phenoxy) is 1. The van der Waals surface area contributed by atoms with E-state index in [1.165, 1.54) is 18.2 Å². The number of nitriles is 1. The van der Waals surface area contributed by atoms with Gasteiger partial charge in [0, 0.05) is 16.1 Å². The number of hydrogen-bond acceptors (Lipinski definition) is 4. The summed E-state index contributed by atoms with van der Waals surface area (Å²) in [6.07, 6.45) is 1.53. The number of para-hydroxylation sites is 2. The highest BCUT2D eigenvalue weighted by Gasteiger charge is 2.15. The third-order valence-corrected chi connectivity index (χ3v) is 4.81. The minimum absolute atomic E-state index is 0.0420. The van der Waals surface area contributed by atoms with Crippen LogP contribution in [0.4, 0.5) is 4.39 Å². The second kappa shape index (κ2) is 8.58. The minimum Gasteiger partial charge on any atom is -0.487 e. The summed E-state index contributed by atoms with van der Waals surface area (Å²) in [5, 5.41) is 10.3. The zero-order valence-corrected chi connectivity index (χ0v) is 16.9. The Morgan fingerprint density at radius 2 is 1.90 bits per heavy atom. The van der Waals surface area contributed by atoms with E-state index in [1.807, 2.05) is 12.1 Å². The van der Waals surface area contributed by atoms with E-state index in [9.17, 15) is 9.65 Å². The molecule has 0 radical (unpaired) electrons. The lowest BCUT2D eigenvalue weighted by Crippen LogP contribution is -2.00. The summed E-state index contributed by atoms with van der Waals surface area (Å²) in [6.45, 7) is -0.0420. The molecule has 0 atom stereocenters. The Hall–Kier alpha value is -3.33. The van der Waals surface area contributed by atoms with E-state index in [2.05, 4.69) is 11.1 Å². The number of oxazole rings is 1. The first-order valence-electron chi connectivity index (χ1n) is 8.88. The van der Waals surface area contributed by atoms with E-state index < -0.39 is 0 Å². The van der Waals surface area contributed by atoms with Crippen molar-refractivity contribution in [1.29, 1.82) is 5.26 Å². The lowest BCUT2D eigenvalue weighted by Gasteiger charge is -2.12. The second-order valence-electron chi connectivity index (χ2n) is 6.34. The maximum Gasteiger partial charge on any atom is 0.238 e. The summed E-state index contributed by atoms with van der Waals surface area (Å²) < 4.78 is 25.4. The summed E-state index contributed by atoms with van der Waals surface area (Å²) in [5.41, 5.74) is 2.18. The first-order valence-corrected chi connectivity index (χ1v) is 9.64. The predicted octanol–water partition coefficient (Wildman–Crippen LogP) is 6.92. The highest BCUT2D eigenvalue weighted by atomic mass is 35.5. The number of benzene rings is 3. The van der Waals surface area contributed by atoms with Gasteiger partial charge >= 0.3 is 0 Å². The maximum absolute atomic E-state index is 13.9. The van der Waals surface area contributed by atoms with Gasteiger partial charge in [0.05, 0.1) is 5.02 Å². The summed E-state index contributed by atoms with van der Waals surface area (Å²) in [6, 6.07) is 18.7. The Bertz CT molecular complexity index is 1280. The molecular formula is C23H13Cl2FN2O2. The lowest BCUT2D eigenvalue weighted by molar-refractivity contribution is 0.299. The van der Waals surface area contributed by atoms with Gasteiger partial charge in [-0.15, -0.1) is 0 Å². The van der Waals surface area contributed by atoms with Gasteiger partial charge in [0.2, 0.25) is 5.89 Å². The number of fused-ring (bicyclic) bond motifs is 1. The van der Waals surface area contributed by atoms with Gasteiger partial charge < -0.3 is 9.15 Å². The molecule has 0 aliphatic carbocycles. The van der Waals surface area contributed by atoms with Crippen LogP contribution in [-0.4, -0.2) is 4.98 Å². The van der Waals surface area contributed by atoms with Crippen LogP contribution in [0.1, 0.15) is 17.0 Å². The maximum atomic E-state index is 13.9. The Balaban J connectivity index is 1.73. The van der Waals surface area contributed by atoms with Crippen molar-refractivity contribution >= 4 is 46.0 Å². The van der Waals surface area contributed by atoms with Crippen molar-refractivity contribution in [2.24, 2.45) is 0 Å². The van der Waals surface area contributed by atoms with E-state index in [-0.39, 0.29) is 34.7 Å². The van der Waals surface area contributed by atoms with E-state index in [4.69, 9.17) is 32.4 Å². The Labute approximate surface area is 181 Å². The summed E-state index contributed by atoms with van der Waals surface area (Å²) in [5.74, 6) is 0.0481. The molecular weight excluding hydrogens is 426 g/mol. The Morgan fingerprint density at radius 1 is 1.13 bits per heavy atom. The molecule has 30 heavy (non-hydrogen) atoms. The van der Waals surface area contributed by atoms with Crippen LogP contribution in [0.5, 0.6) is 5.75 Å². The molecule has 4 rings (SSSR count). The van der Waals surface area contributed by atoms with Crippen LogP contribution in [0, 0.1) is 17.1 Å². The Morgan fingerprint density at radius 3 is 2.67 bits per heavy atom. The van der Waals surface area contributed by atoms with Gasteiger partial charge in [-0.2, -0.15) is 5.26 Å². The summed E-state index contributed by atoms with van der Waals surface area (Å²) in [7, 11) is 0. The smallest absolute Gasteiger partial charge is 0.238 e. The Kier molecular flexibility index (Phi) is 5.71. The van der Waals surface area contributed by atoms with Crippen molar-refractivity contribution < 1.29 is 13.5 Å². The molecule has 0 spiro atoms. The van der Waals surface area contributed by atoms with E-state index >= 15 is 0 Å². The van der Waals surface area contributed by atoms with Crippen molar-refractivity contribution in [3.8, 4) is 11.8 Å². The fraction of sp³-hybridized carbons (Fsp3) is 0.0435. The molecule has 0 saturated carbocycles. The molecule has 0 N–H and O–H groups in total. The number of aromatic nitrogens is 1. The van der Waals surface area contributed by atoms with Crippen LogP contribution in [0.15, 0.2) is 65.1 Å². The standard InChI is InChI=1S/C23H13Cl2FN2O2/c24-17-10-15(9-16(12-27)23-28-20-7-3-4-8-21(20)30-23)22(18(25)11-17)29-13-14-5-1-2-6-19(14)26/h1-11H,13H2/b16-9+. The van der Waals surface area contributed by atoms with Gasteiger partial charge in [0.1, 0.15) is 35.3 Å². The molecule has 7 heteroatoms. The average Bonchev–Trinajstić information content (AvgIpc) is 3.16. The molecule has 0 aliphatic rings.